The Labute approximate surface area is 121 Å². The summed E-state index contributed by atoms with van der Waals surface area (Å²) in [6.07, 6.45) is 0.995. The van der Waals surface area contributed by atoms with Crippen LogP contribution in [0.15, 0.2) is 28.4 Å². The first kappa shape index (κ1) is 14.6. The Balaban J connectivity index is 2.23. The van der Waals surface area contributed by atoms with E-state index < -0.39 is 23.4 Å². The molecule has 8 heteroatoms. The van der Waals surface area contributed by atoms with E-state index in [-0.39, 0.29) is 29.0 Å². The van der Waals surface area contributed by atoms with E-state index >= 15 is 0 Å². The second-order valence-electron chi connectivity index (χ2n) is 3.95. The third-order valence-corrected chi connectivity index (χ3v) is 3.22. The predicted octanol–water partition coefficient (Wildman–Crippen LogP) is 1.38. The van der Waals surface area contributed by atoms with Crippen LogP contribution in [0.2, 0.25) is 0 Å². The smallest absolute Gasteiger partial charge is 0.277 e. The molecule has 0 radical (unpaired) electrons. The van der Waals surface area contributed by atoms with Crippen LogP contribution in [0.4, 0.5) is 14.5 Å². The number of carbonyl (C=O) groups is 2. The number of halogens is 3. The zero-order chi connectivity index (χ0) is 14.9. The van der Waals surface area contributed by atoms with E-state index in [4.69, 9.17) is 5.11 Å². The molecule has 5 nitrogen and oxygen atoms in total. The van der Waals surface area contributed by atoms with Crippen LogP contribution in [0, 0.1) is 11.6 Å². The van der Waals surface area contributed by atoms with Crippen LogP contribution in [0.3, 0.4) is 0 Å². The molecular formula is C12H9BrF2N2O3. The zero-order valence-corrected chi connectivity index (χ0v) is 11.6. The second-order valence-corrected chi connectivity index (χ2v) is 4.80. The number of carbonyl (C=O) groups excluding carboxylic acids is 2. The van der Waals surface area contributed by atoms with Crippen molar-refractivity contribution < 1.29 is 23.5 Å². The van der Waals surface area contributed by atoms with Crippen molar-refractivity contribution in [2.75, 3.05) is 18.5 Å². The molecule has 2 N–H and O–H groups in total. The van der Waals surface area contributed by atoms with E-state index in [1.807, 2.05) is 0 Å². The summed E-state index contributed by atoms with van der Waals surface area (Å²) in [4.78, 5) is 24.1. The lowest BCUT2D eigenvalue weighted by atomic mass is 10.2. The van der Waals surface area contributed by atoms with E-state index in [1.165, 1.54) is 0 Å². The van der Waals surface area contributed by atoms with Gasteiger partial charge in [-0.3, -0.25) is 14.5 Å². The molecule has 0 spiro atoms. The van der Waals surface area contributed by atoms with Gasteiger partial charge in [0.25, 0.3) is 11.8 Å². The largest absolute Gasteiger partial charge is 0.395 e. The summed E-state index contributed by atoms with van der Waals surface area (Å²) < 4.78 is 26.7. The molecule has 2 rings (SSSR count). The van der Waals surface area contributed by atoms with Crippen LogP contribution in [0.1, 0.15) is 0 Å². The van der Waals surface area contributed by atoms with Crippen molar-refractivity contribution >= 4 is 33.4 Å². The van der Waals surface area contributed by atoms with Crippen molar-refractivity contribution in [3.8, 4) is 0 Å². The zero-order valence-electron chi connectivity index (χ0n) is 9.99. The third kappa shape index (κ3) is 2.70. The fourth-order valence-electron chi connectivity index (χ4n) is 1.67. The number of β-amino-alcohol motifs (C(OH)–C–C–N with tert-alkyl or cyclic N) is 1. The van der Waals surface area contributed by atoms with E-state index in [2.05, 4.69) is 21.2 Å². The highest BCUT2D eigenvalue weighted by Crippen LogP contribution is 2.26. The number of aliphatic hydroxyl groups excluding tert-OH is 1. The Hall–Kier alpha value is -1.80. The fourth-order valence-corrected chi connectivity index (χ4v) is 2.02. The number of anilines is 1. The highest BCUT2D eigenvalue weighted by Gasteiger charge is 2.31. The van der Waals surface area contributed by atoms with E-state index in [0.29, 0.717) is 6.07 Å². The minimum Gasteiger partial charge on any atom is -0.395 e. The number of aliphatic hydroxyl groups is 1. The van der Waals surface area contributed by atoms with Gasteiger partial charge in [-0.2, -0.15) is 0 Å². The number of nitrogens with one attached hydrogen (secondary N) is 1. The van der Waals surface area contributed by atoms with Gasteiger partial charge in [-0.15, -0.1) is 0 Å². The lowest BCUT2D eigenvalue weighted by Crippen LogP contribution is -2.34. The monoisotopic (exact) mass is 346 g/mol. The third-order valence-electron chi connectivity index (χ3n) is 2.61. The molecule has 20 heavy (non-hydrogen) atoms. The Morgan fingerprint density at radius 3 is 2.60 bits per heavy atom. The van der Waals surface area contributed by atoms with Gasteiger partial charge in [-0.05, 0) is 22.0 Å². The maximum atomic E-state index is 13.6. The van der Waals surface area contributed by atoms with Crippen LogP contribution in [-0.4, -0.2) is 35.0 Å². The fraction of sp³-hybridized carbons (Fsp3) is 0.167. The van der Waals surface area contributed by atoms with Crippen LogP contribution in [0.25, 0.3) is 0 Å². The van der Waals surface area contributed by atoms with Crippen molar-refractivity contribution in [3.05, 3.63) is 40.0 Å². The highest BCUT2D eigenvalue weighted by molar-refractivity contribution is 9.10. The molecule has 0 bridgehead atoms. The topological polar surface area (TPSA) is 69.6 Å². The Morgan fingerprint density at radius 2 is 1.95 bits per heavy atom. The normalized spacial score (nSPS) is 14.8. The maximum absolute atomic E-state index is 13.6. The van der Waals surface area contributed by atoms with Gasteiger partial charge in [0.2, 0.25) is 0 Å². The second kappa shape index (κ2) is 5.68. The summed E-state index contributed by atoms with van der Waals surface area (Å²) >= 11 is 2.90. The average molecular weight is 347 g/mol. The van der Waals surface area contributed by atoms with Gasteiger partial charge < -0.3 is 10.4 Å². The van der Waals surface area contributed by atoms with Gasteiger partial charge in [0.1, 0.15) is 17.3 Å². The summed E-state index contributed by atoms with van der Waals surface area (Å²) in [5, 5.41) is 11.2. The summed E-state index contributed by atoms with van der Waals surface area (Å²) in [5.74, 6) is -2.96. The number of nitrogens with zero attached hydrogens (tertiary/aromatic N) is 1. The van der Waals surface area contributed by atoms with Crippen LogP contribution < -0.4 is 5.32 Å². The number of benzene rings is 1. The van der Waals surface area contributed by atoms with Crippen LogP contribution in [-0.2, 0) is 9.59 Å². The lowest BCUT2D eigenvalue weighted by Gasteiger charge is -2.13. The standard InChI is InChI=1S/C12H9BrF2N2O3/c13-6-3-9(8(15)4-7(6)14)16-10-5-11(19)17(1-2-18)12(10)20/h3-5,16,18H,1-2H2. The molecule has 1 heterocycles. The molecule has 0 aliphatic carbocycles. The van der Waals surface area contributed by atoms with Crippen molar-refractivity contribution in [1.82, 2.24) is 4.90 Å². The van der Waals surface area contributed by atoms with Gasteiger partial charge in [0, 0.05) is 12.1 Å². The van der Waals surface area contributed by atoms with Gasteiger partial charge in [-0.1, -0.05) is 0 Å². The molecule has 0 aromatic heterocycles. The summed E-state index contributed by atoms with van der Waals surface area (Å²) in [7, 11) is 0. The summed E-state index contributed by atoms with van der Waals surface area (Å²) in [5.41, 5.74) is -0.280. The Kier molecular flexibility index (Phi) is 4.15. The number of hydrogen-bond donors (Lipinski definition) is 2. The minimum atomic E-state index is -0.896. The van der Waals surface area contributed by atoms with Gasteiger partial charge in [-0.25, -0.2) is 8.78 Å². The predicted molar refractivity (Wildman–Crippen MR) is 69.6 cm³/mol. The summed E-state index contributed by atoms with van der Waals surface area (Å²) in [6, 6.07) is 1.78. The minimum absolute atomic E-state index is 0.0194. The molecule has 0 saturated heterocycles. The molecule has 0 saturated carbocycles. The molecule has 0 atom stereocenters. The molecule has 1 aliphatic heterocycles. The van der Waals surface area contributed by atoms with E-state index in [9.17, 15) is 18.4 Å². The quantitative estimate of drug-likeness (QED) is 0.638. The number of amides is 2. The molecule has 1 aliphatic rings. The van der Waals surface area contributed by atoms with E-state index in [1.54, 1.807) is 0 Å². The Morgan fingerprint density at radius 1 is 1.25 bits per heavy atom. The van der Waals surface area contributed by atoms with Crippen molar-refractivity contribution in [1.29, 1.82) is 0 Å². The molecule has 0 unspecified atom stereocenters. The van der Waals surface area contributed by atoms with Gasteiger partial charge >= 0.3 is 0 Å². The Bertz CT molecular complexity index is 619. The highest BCUT2D eigenvalue weighted by atomic mass is 79.9. The SMILES string of the molecule is O=C1C=C(Nc2cc(Br)c(F)cc2F)C(=O)N1CCO. The first-order valence-corrected chi connectivity index (χ1v) is 6.33. The van der Waals surface area contributed by atoms with Crippen LogP contribution >= 0.6 is 15.9 Å². The van der Waals surface area contributed by atoms with Gasteiger partial charge in [0.15, 0.2) is 0 Å². The van der Waals surface area contributed by atoms with Crippen molar-refractivity contribution in [2.24, 2.45) is 0 Å². The molecular weight excluding hydrogens is 338 g/mol. The van der Waals surface area contributed by atoms with Crippen molar-refractivity contribution in [3.63, 3.8) is 0 Å². The van der Waals surface area contributed by atoms with Crippen molar-refractivity contribution in [2.45, 2.75) is 0 Å². The summed E-state index contributed by atoms with van der Waals surface area (Å²) in [6.45, 7) is -0.510. The number of hydrogen-bond acceptors (Lipinski definition) is 4. The molecule has 0 fully saturated rings. The van der Waals surface area contributed by atoms with Crippen LogP contribution in [0.5, 0.6) is 0 Å². The maximum Gasteiger partial charge on any atom is 0.277 e. The molecule has 1 aromatic rings. The molecule has 1 aromatic carbocycles. The first-order chi connectivity index (χ1) is 9.43. The number of rotatable bonds is 4. The lowest BCUT2D eigenvalue weighted by molar-refractivity contribution is -0.137. The molecule has 106 valence electrons. The van der Waals surface area contributed by atoms with Gasteiger partial charge in [0.05, 0.1) is 23.3 Å². The average Bonchev–Trinajstić information content (AvgIpc) is 2.64. The molecule has 2 amide bonds. The van der Waals surface area contributed by atoms with E-state index in [0.717, 1.165) is 17.0 Å². The number of imide groups is 1. The first-order valence-electron chi connectivity index (χ1n) is 5.54.